The zero-order valence-corrected chi connectivity index (χ0v) is 10.3. The molecule has 0 bridgehead atoms. The lowest BCUT2D eigenvalue weighted by atomic mass is 10.4. The molecule has 1 nitrogen and oxygen atoms in total. The van der Waals surface area contributed by atoms with E-state index in [9.17, 15) is 0 Å². The van der Waals surface area contributed by atoms with Crippen molar-refractivity contribution in [1.29, 1.82) is 0 Å². The predicted molar refractivity (Wildman–Crippen MR) is 60.7 cm³/mol. The van der Waals surface area contributed by atoms with Gasteiger partial charge >= 0.3 is 0 Å². The normalized spacial score (nSPS) is 6.00. The Hall–Kier alpha value is -0.0400. The van der Waals surface area contributed by atoms with Crippen LogP contribution in [0.25, 0.3) is 0 Å². The lowest BCUT2D eigenvalue weighted by Crippen LogP contribution is -1.69. The third kappa shape index (κ3) is 208. The van der Waals surface area contributed by atoms with Gasteiger partial charge in [-0.25, -0.2) is 0 Å². The van der Waals surface area contributed by atoms with Gasteiger partial charge in [0.15, 0.2) is 0 Å². The summed E-state index contributed by atoms with van der Waals surface area (Å²) in [6.07, 6.45) is 3.51. The monoisotopic (exact) mass is 178 g/mol. The van der Waals surface area contributed by atoms with Gasteiger partial charge in [-0.1, -0.05) is 61.3 Å². The third-order valence-corrected chi connectivity index (χ3v) is 0.724. The molecule has 0 aromatic rings. The number of unbranched alkanes of at least 4 members (excludes halogenated alkanes) is 1. The van der Waals surface area contributed by atoms with Gasteiger partial charge in [-0.05, 0) is 6.42 Å². The van der Waals surface area contributed by atoms with Crippen LogP contribution in [0, 0.1) is 0 Å². The lowest BCUT2D eigenvalue weighted by Gasteiger charge is -1.69. The van der Waals surface area contributed by atoms with Crippen molar-refractivity contribution in [3.63, 3.8) is 0 Å². The van der Waals surface area contributed by atoms with Gasteiger partial charge in [0.1, 0.15) is 0 Å². The highest BCUT2D eigenvalue weighted by atomic mass is 16.2. The van der Waals surface area contributed by atoms with Gasteiger partial charge in [0.2, 0.25) is 0 Å². The molecule has 0 unspecified atom stereocenters. The molecule has 12 heavy (non-hydrogen) atoms. The van der Waals surface area contributed by atoms with Gasteiger partial charge in [-0.2, -0.15) is 0 Å². The minimum atomic E-state index is 0.319. The minimum absolute atomic E-state index is 0.319. The lowest BCUT2D eigenvalue weighted by molar-refractivity contribution is 0.295. The second-order valence-electron chi connectivity index (χ2n) is 1.72. The highest BCUT2D eigenvalue weighted by Gasteiger charge is 1.57. The summed E-state index contributed by atoms with van der Waals surface area (Å²) in [5, 5.41) is 7.88. The summed E-state index contributed by atoms with van der Waals surface area (Å²) in [6.45, 7) is 14.6. The maximum Gasteiger partial charge on any atom is 0.0428 e. The summed E-state index contributed by atoms with van der Waals surface area (Å²) in [6, 6.07) is 0. The molecule has 0 saturated carbocycles. The predicted octanol–water partition coefficient (Wildman–Crippen LogP) is 4.25. The SMILES string of the molecule is CC.CC.CCCC.CCCO. The van der Waals surface area contributed by atoms with E-state index in [1.54, 1.807) is 0 Å². The van der Waals surface area contributed by atoms with Crippen LogP contribution in [0.4, 0.5) is 0 Å². The summed E-state index contributed by atoms with van der Waals surface area (Å²) in [4.78, 5) is 0. The smallest absolute Gasteiger partial charge is 0.0428 e. The van der Waals surface area contributed by atoms with Gasteiger partial charge < -0.3 is 5.11 Å². The maximum atomic E-state index is 7.88. The Labute approximate surface area is 80.2 Å². The van der Waals surface area contributed by atoms with E-state index in [2.05, 4.69) is 13.8 Å². The molecule has 0 aliphatic heterocycles. The van der Waals surface area contributed by atoms with Crippen molar-refractivity contribution in [3.05, 3.63) is 0 Å². The Kier molecular flexibility index (Phi) is 131. The molecule has 0 spiro atoms. The largest absolute Gasteiger partial charge is 0.396 e. The first-order valence-electron chi connectivity index (χ1n) is 5.44. The molecule has 0 aromatic carbocycles. The van der Waals surface area contributed by atoms with Crippen molar-refractivity contribution < 1.29 is 5.11 Å². The number of hydrogen-bond acceptors (Lipinski definition) is 1. The average Bonchev–Trinajstić information content (AvgIpc) is 2.23. The standard InChI is InChI=1S/C4H10.C3H8O.2C2H6/c1-3-4-2;1-2-3-4;2*1-2/h3-4H2,1-2H3;4H,2-3H2,1H3;2*1-2H3. The Balaban J connectivity index is -0.0000000380. The molecular weight excluding hydrogens is 148 g/mol. The number of hydrogen-bond donors (Lipinski definition) is 1. The maximum absolute atomic E-state index is 7.88. The molecule has 0 fully saturated rings. The van der Waals surface area contributed by atoms with Crippen molar-refractivity contribution in [2.24, 2.45) is 0 Å². The van der Waals surface area contributed by atoms with Crippen LogP contribution in [0.5, 0.6) is 0 Å². The van der Waals surface area contributed by atoms with Crippen molar-refractivity contribution >= 4 is 0 Å². The summed E-state index contributed by atoms with van der Waals surface area (Å²) in [7, 11) is 0. The van der Waals surface area contributed by atoms with Crippen LogP contribution in [-0.4, -0.2) is 11.7 Å². The van der Waals surface area contributed by atoms with E-state index in [1.165, 1.54) is 12.8 Å². The quantitative estimate of drug-likeness (QED) is 0.670. The molecule has 0 saturated heterocycles. The molecule has 0 heterocycles. The molecule has 0 amide bonds. The molecule has 0 rings (SSSR count). The number of rotatable bonds is 2. The molecule has 0 aromatic heterocycles. The van der Waals surface area contributed by atoms with E-state index in [-0.39, 0.29) is 0 Å². The van der Waals surface area contributed by atoms with E-state index in [0.717, 1.165) is 6.42 Å². The first-order valence-corrected chi connectivity index (χ1v) is 5.44. The van der Waals surface area contributed by atoms with Crippen LogP contribution in [0.2, 0.25) is 0 Å². The number of aliphatic hydroxyl groups is 1. The van der Waals surface area contributed by atoms with Gasteiger partial charge in [0.25, 0.3) is 0 Å². The molecule has 0 radical (unpaired) electrons. The second kappa shape index (κ2) is 69.3. The zero-order chi connectivity index (χ0) is 10.8. The highest BCUT2D eigenvalue weighted by molar-refractivity contribution is 4.12. The van der Waals surface area contributed by atoms with Crippen LogP contribution in [0.15, 0.2) is 0 Å². The Morgan fingerprint density at radius 1 is 0.667 bits per heavy atom. The molecule has 1 N–H and O–H groups in total. The Morgan fingerprint density at radius 2 is 0.833 bits per heavy atom. The first kappa shape index (κ1) is 22.7. The van der Waals surface area contributed by atoms with Crippen molar-refractivity contribution in [3.8, 4) is 0 Å². The van der Waals surface area contributed by atoms with Gasteiger partial charge in [0.05, 0.1) is 0 Å². The molecule has 80 valence electrons. The first-order chi connectivity index (χ1) is 5.83. The fraction of sp³-hybridized carbons (Fsp3) is 1.00. The van der Waals surface area contributed by atoms with Gasteiger partial charge in [-0.15, -0.1) is 0 Å². The van der Waals surface area contributed by atoms with Gasteiger partial charge in [0, 0.05) is 6.61 Å². The fourth-order valence-corrected chi connectivity index (χ4v) is 0. The summed E-state index contributed by atoms with van der Waals surface area (Å²) >= 11 is 0. The Bertz CT molecular complexity index is 13.0. The topological polar surface area (TPSA) is 20.2 Å². The van der Waals surface area contributed by atoms with Crippen LogP contribution in [0.1, 0.15) is 67.7 Å². The van der Waals surface area contributed by atoms with E-state index in [0.29, 0.717) is 6.61 Å². The van der Waals surface area contributed by atoms with Crippen molar-refractivity contribution in [2.45, 2.75) is 67.7 Å². The zero-order valence-electron chi connectivity index (χ0n) is 10.3. The molecular formula is C11H30O. The molecule has 0 aliphatic carbocycles. The number of aliphatic hydroxyl groups excluding tert-OH is 1. The summed E-state index contributed by atoms with van der Waals surface area (Å²) in [5.74, 6) is 0. The van der Waals surface area contributed by atoms with Crippen molar-refractivity contribution in [1.82, 2.24) is 0 Å². The van der Waals surface area contributed by atoms with Crippen LogP contribution < -0.4 is 0 Å². The van der Waals surface area contributed by atoms with E-state index >= 15 is 0 Å². The van der Waals surface area contributed by atoms with E-state index in [1.807, 2.05) is 34.6 Å². The Morgan fingerprint density at radius 3 is 0.833 bits per heavy atom. The molecule has 1 heteroatoms. The van der Waals surface area contributed by atoms with Crippen molar-refractivity contribution in [2.75, 3.05) is 6.61 Å². The fourth-order valence-electron chi connectivity index (χ4n) is 0. The second-order valence-corrected chi connectivity index (χ2v) is 1.72. The van der Waals surface area contributed by atoms with Crippen LogP contribution >= 0.6 is 0 Å². The van der Waals surface area contributed by atoms with E-state index in [4.69, 9.17) is 5.11 Å². The summed E-state index contributed by atoms with van der Waals surface area (Å²) in [5.41, 5.74) is 0. The van der Waals surface area contributed by atoms with E-state index < -0.39 is 0 Å². The van der Waals surface area contributed by atoms with Gasteiger partial charge in [-0.3, -0.25) is 0 Å². The van der Waals surface area contributed by atoms with Crippen LogP contribution in [-0.2, 0) is 0 Å². The van der Waals surface area contributed by atoms with Crippen LogP contribution in [0.3, 0.4) is 0 Å². The summed E-state index contributed by atoms with van der Waals surface area (Å²) < 4.78 is 0. The minimum Gasteiger partial charge on any atom is -0.396 e. The average molecular weight is 178 g/mol. The third-order valence-electron chi connectivity index (χ3n) is 0.724. The molecule has 0 aliphatic rings. The highest BCUT2D eigenvalue weighted by Crippen LogP contribution is 1.76. The molecule has 0 atom stereocenters.